The Hall–Kier alpha value is -0.693. The van der Waals surface area contributed by atoms with E-state index >= 15 is 0 Å². The van der Waals surface area contributed by atoms with Crippen molar-refractivity contribution >= 4 is 14.8 Å². The molecule has 0 bridgehead atoms. The average Bonchev–Trinajstić information content (AvgIpc) is 2.14. The van der Waals surface area contributed by atoms with Gasteiger partial charge in [-0.3, -0.25) is 0 Å². The van der Waals surface area contributed by atoms with Crippen LogP contribution < -0.4 is 0 Å². The van der Waals surface area contributed by atoms with E-state index in [-0.39, 0.29) is 11.6 Å². The third-order valence-corrected chi connectivity index (χ3v) is 4.39. The lowest BCUT2D eigenvalue weighted by atomic mass is 10.4. The highest BCUT2D eigenvalue weighted by molar-refractivity contribution is 6.61. The van der Waals surface area contributed by atoms with Crippen molar-refractivity contribution in [3.63, 3.8) is 0 Å². The van der Waals surface area contributed by atoms with Crippen LogP contribution in [0.25, 0.3) is 0 Å². The van der Waals surface area contributed by atoms with Gasteiger partial charge in [0.15, 0.2) is 0 Å². The lowest BCUT2D eigenvalue weighted by Crippen LogP contribution is -2.43. The van der Waals surface area contributed by atoms with E-state index in [1.165, 1.54) is 21.3 Å². The van der Waals surface area contributed by atoms with E-state index in [4.69, 9.17) is 18.4 Å². The molecule has 5 nitrogen and oxygen atoms in total. The summed E-state index contributed by atoms with van der Waals surface area (Å²) in [5.41, 5.74) is 0.0252. The van der Waals surface area contributed by atoms with E-state index in [0.29, 0.717) is 0 Å². The molecule has 0 aliphatic carbocycles. The van der Waals surface area contributed by atoms with Crippen LogP contribution in [0.4, 0.5) is 0 Å². The van der Waals surface area contributed by atoms with Crippen LogP contribution in [-0.2, 0) is 18.1 Å². The van der Waals surface area contributed by atoms with Gasteiger partial charge in [-0.25, -0.2) is 4.79 Å². The van der Waals surface area contributed by atoms with Crippen molar-refractivity contribution in [1.29, 1.82) is 0 Å². The number of carboxylic acids is 1. The maximum absolute atomic E-state index is 10.5. The second-order valence-electron chi connectivity index (χ2n) is 2.38. The van der Waals surface area contributed by atoms with E-state index < -0.39 is 14.8 Å². The molecule has 0 amide bonds. The van der Waals surface area contributed by atoms with E-state index in [2.05, 4.69) is 6.58 Å². The highest BCUT2D eigenvalue weighted by Crippen LogP contribution is 2.17. The molecule has 1 N–H and O–H groups in total. The van der Waals surface area contributed by atoms with Crippen LogP contribution in [0.3, 0.4) is 0 Å². The fourth-order valence-electron chi connectivity index (χ4n) is 0.803. The molecule has 0 spiro atoms. The van der Waals surface area contributed by atoms with Gasteiger partial charge in [-0.15, -0.1) is 0 Å². The Balaban J connectivity index is 4.42. The predicted molar refractivity (Wildman–Crippen MR) is 48.4 cm³/mol. The molecule has 0 aliphatic heterocycles. The van der Waals surface area contributed by atoms with E-state index in [1.807, 2.05) is 0 Å². The van der Waals surface area contributed by atoms with Crippen LogP contribution in [0.15, 0.2) is 12.2 Å². The third-order valence-electron chi connectivity index (χ3n) is 1.67. The van der Waals surface area contributed by atoms with Crippen molar-refractivity contribution in [3.8, 4) is 0 Å². The lowest BCUT2D eigenvalue weighted by molar-refractivity contribution is -0.132. The fourth-order valence-corrected chi connectivity index (χ4v) is 2.41. The molecule has 0 aliphatic rings. The molecule has 0 heterocycles. The number of hydrogen-bond donors (Lipinski definition) is 1. The molecule has 0 aromatic heterocycles. The summed E-state index contributed by atoms with van der Waals surface area (Å²) in [5, 5.41) is 8.59. The Labute approximate surface area is 78.3 Å². The highest BCUT2D eigenvalue weighted by Gasteiger charge is 2.39. The zero-order chi connectivity index (χ0) is 10.5. The second kappa shape index (κ2) is 5.13. The van der Waals surface area contributed by atoms with E-state index in [0.717, 1.165) is 0 Å². The van der Waals surface area contributed by atoms with Crippen LogP contribution in [0.5, 0.6) is 0 Å². The molecule has 0 saturated carbocycles. The summed E-state index contributed by atoms with van der Waals surface area (Å²) in [4.78, 5) is 10.5. The number of hydrogen-bond acceptors (Lipinski definition) is 4. The van der Waals surface area contributed by atoms with Crippen molar-refractivity contribution < 1.29 is 23.2 Å². The summed E-state index contributed by atoms with van der Waals surface area (Å²) in [7, 11) is 1.45. The summed E-state index contributed by atoms with van der Waals surface area (Å²) < 4.78 is 15.1. The first-order valence-corrected chi connectivity index (χ1v) is 5.51. The Morgan fingerprint density at radius 3 is 1.92 bits per heavy atom. The summed E-state index contributed by atoms with van der Waals surface area (Å²) in [6, 6.07) is 0.0891. The molecular formula is C7H14O5Si. The maximum Gasteiger partial charge on any atom is 0.504 e. The first-order valence-electron chi connectivity index (χ1n) is 3.58. The molecule has 6 heteroatoms. The first-order chi connectivity index (χ1) is 6.01. The number of rotatable bonds is 6. The van der Waals surface area contributed by atoms with E-state index in [9.17, 15) is 4.79 Å². The van der Waals surface area contributed by atoms with Crippen molar-refractivity contribution in [2.24, 2.45) is 0 Å². The third kappa shape index (κ3) is 3.27. The molecule has 0 unspecified atom stereocenters. The summed E-state index contributed by atoms with van der Waals surface area (Å²) in [5.74, 6) is -1.07. The minimum absolute atomic E-state index is 0.0252. The van der Waals surface area contributed by atoms with Gasteiger partial charge >= 0.3 is 14.8 Å². The molecule has 0 radical (unpaired) electrons. The monoisotopic (exact) mass is 206 g/mol. The van der Waals surface area contributed by atoms with Gasteiger partial charge < -0.3 is 18.4 Å². The van der Waals surface area contributed by atoms with Gasteiger partial charge in [0, 0.05) is 32.9 Å². The van der Waals surface area contributed by atoms with Crippen LogP contribution >= 0.6 is 0 Å². The normalized spacial score (nSPS) is 11.3. The molecule has 0 rings (SSSR count). The van der Waals surface area contributed by atoms with Crippen LogP contribution in [-0.4, -0.2) is 41.2 Å². The molecule has 0 aromatic carbocycles. The minimum atomic E-state index is -2.82. The Morgan fingerprint density at radius 2 is 1.69 bits per heavy atom. The van der Waals surface area contributed by atoms with Crippen molar-refractivity contribution in [1.82, 2.24) is 0 Å². The largest absolute Gasteiger partial charge is 0.504 e. The second-order valence-corrected chi connectivity index (χ2v) is 5.33. The van der Waals surface area contributed by atoms with E-state index in [1.54, 1.807) is 0 Å². The molecule has 0 fully saturated rings. The zero-order valence-corrected chi connectivity index (χ0v) is 8.99. The van der Waals surface area contributed by atoms with Gasteiger partial charge in [-0.1, -0.05) is 6.58 Å². The van der Waals surface area contributed by atoms with Crippen molar-refractivity contribution in [2.75, 3.05) is 21.3 Å². The summed E-state index contributed by atoms with van der Waals surface area (Å²) >= 11 is 0. The topological polar surface area (TPSA) is 65.0 Å². The van der Waals surface area contributed by atoms with Gasteiger partial charge in [0.25, 0.3) is 0 Å². The summed E-state index contributed by atoms with van der Waals surface area (Å²) in [6.45, 7) is 3.38. The minimum Gasteiger partial charge on any atom is -0.478 e. The van der Waals surface area contributed by atoms with Crippen molar-refractivity contribution in [2.45, 2.75) is 6.04 Å². The number of carboxylic acid groups (broad SMARTS) is 1. The van der Waals surface area contributed by atoms with Gasteiger partial charge in [0.2, 0.25) is 0 Å². The molecule has 0 saturated heterocycles. The zero-order valence-electron chi connectivity index (χ0n) is 7.99. The predicted octanol–water partition coefficient (Wildman–Crippen LogP) is 0.505. The first kappa shape index (κ1) is 12.3. The molecule has 0 aromatic rings. The van der Waals surface area contributed by atoms with Crippen LogP contribution in [0.1, 0.15) is 0 Å². The summed E-state index contributed by atoms with van der Waals surface area (Å²) in [6.07, 6.45) is 0. The van der Waals surface area contributed by atoms with Gasteiger partial charge in [-0.05, 0) is 0 Å². The number of aliphatic carboxylic acids is 1. The SMILES string of the molecule is C=C(C[Si](OC)(OC)OC)C(=O)O. The smallest absolute Gasteiger partial charge is 0.478 e. The standard InChI is InChI=1S/C7H14O5Si/c1-6(7(8)9)5-13(10-2,11-3)12-4/h1,5H2,2-4H3,(H,8,9). The fraction of sp³-hybridized carbons (Fsp3) is 0.571. The van der Waals surface area contributed by atoms with Crippen LogP contribution in [0, 0.1) is 0 Å². The van der Waals surface area contributed by atoms with Gasteiger partial charge in [0.1, 0.15) is 0 Å². The molecule has 13 heavy (non-hydrogen) atoms. The van der Waals surface area contributed by atoms with Crippen LogP contribution in [0.2, 0.25) is 6.04 Å². The van der Waals surface area contributed by atoms with Gasteiger partial charge in [0.05, 0.1) is 0 Å². The van der Waals surface area contributed by atoms with Crippen molar-refractivity contribution in [3.05, 3.63) is 12.2 Å². The quantitative estimate of drug-likeness (QED) is 0.506. The average molecular weight is 206 g/mol. The number of carbonyl (C=O) groups is 1. The maximum atomic E-state index is 10.5. The Bertz CT molecular complexity index is 191. The molecular weight excluding hydrogens is 192 g/mol. The Kier molecular flexibility index (Phi) is 4.85. The van der Waals surface area contributed by atoms with Gasteiger partial charge in [-0.2, -0.15) is 0 Å². The Morgan fingerprint density at radius 1 is 1.31 bits per heavy atom. The molecule has 76 valence electrons. The highest BCUT2D eigenvalue weighted by atomic mass is 28.4. The lowest BCUT2D eigenvalue weighted by Gasteiger charge is -2.23. The molecule has 0 atom stereocenters.